The van der Waals surface area contributed by atoms with Crippen LogP contribution in [0.5, 0.6) is 5.75 Å². The lowest BCUT2D eigenvalue weighted by molar-refractivity contribution is 0.315. The maximum atomic E-state index is 12.5. The highest BCUT2D eigenvalue weighted by molar-refractivity contribution is 7.90. The van der Waals surface area contributed by atoms with Crippen molar-refractivity contribution in [1.82, 2.24) is 9.71 Å². The van der Waals surface area contributed by atoms with Gasteiger partial charge >= 0.3 is 10.2 Å². The third kappa shape index (κ3) is 2.98. The molecule has 1 N–H and O–H groups in total. The molecule has 1 aromatic carbocycles. The van der Waals surface area contributed by atoms with E-state index in [-0.39, 0.29) is 13.1 Å². The highest BCUT2D eigenvalue weighted by atomic mass is 32.2. The number of anilines is 1. The molecule has 2 heterocycles. The Morgan fingerprint density at radius 2 is 2.00 bits per heavy atom. The molecule has 0 aliphatic carbocycles. The van der Waals surface area contributed by atoms with Crippen LogP contribution in [-0.4, -0.2) is 26.6 Å². The number of hydrogen-bond donors (Lipinski definition) is 1. The van der Waals surface area contributed by atoms with Crippen molar-refractivity contribution in [1.29, 1.82) is 0 Å². The third-order valence-electron chi connectivity index (χ3n) is 3.14. The molecule has 0 fully saturated rings. The molecule has 1 aliphatic rings. The summed E-state index contributed by atoms with van der Waals surface area (Å²) in [6.07, 6.45) is 1.63. The fraction of sp³-hybridized carbons (Fsp3) is 0.214. The Balaban J connectivity index is 1.80. The van der Waals surface area contributed by atoms with E-state index in [2.05, 4.69) is 9.71 Å². The van der Waals surface area contributed by atoms with Crippen LogP contribution in [0.25, 0.3) is 0 Å². The highest BCUT2D eigenvalue weighted by Crippen LogP contribution is 2.32. The van der Waals surface area contributed by atoms with Gasteiger partial charge in [0.25, 0.3) is 0 Å². The molecule has 0 atom stereocenters. The fourth-order valence-corrected chi connectivity index (χ4v) is 3.35. The Morgan fingerprint density at radius 1 is 1.19 bits per heavy atom. The first-order valence-electron chi connectivity index (χ1n) is 6.56. The van der Waals surface area contributed by atoms with E-state index in [4.69, 9.17) is 4.74 Å². The van der Waals surface area contributed by atoms with Gasteiger partial charge in [-0.25, -0.2) is 0 Å². The summed E-state index contributed by atoms with van der Waals surface area (Å²) >= 11 is 0. The molecule has 0 bridgehead atoms. The number of nitrogens with one attached hydrogen (secondary N) is 1. The number of aromatic nitrogens is 1. The Labute approximate surface area is 123 Å². The molecular formula is C14H15N3O3S. The van der Waals surface area contributed by atoms with E-state index in [1.165, 1.54) is 4.31 Å². The molecule has 3 rings (SSSR count). The summed E-state index contributed by atoms with van der Waals surface area (Å²) in [5.74, 6) is 0.576. The van der Waals surface area contributed by atoms with Crippen LogP contribution < -0.4 is 13.8 Å². The van der Waals surface area contributed by atoms with Crippen molar-refractivity contribution >= 4 is 15.9 Å². The standard InChI is InChI=1S/C14H15N3O3S/c18-21(19,16-11-12-5-3-4-8-15-12)17-9-10-20-14-7-2-1-6-13(14)17/h1-8,16H,9-11H2. The number of nitrogens with zero attached hydrogens (tertiary/aromatic N) is 2. The van der Waals surface area contributed by atoms with Crippen LogP contribution in [-0.2, 0) is 16.8 Å². The largest absolute Gasteiger partial charge is 0.489 e. The Bertz CT molecular complexity index is 719. The predicted octanol–water partition coefficient (Wildman–Crippen LogP) is 1.31. The number of rotatable bonds is 4. The number of hydrogen-bond acceptors (Lipinski definition) is 4. The lowest BCUT2D eigenvalue weighted by atomic mass is 10.2. The Morgan fingerprint density at radius 3 is 2.81 bits per heavy atom. The van der Waals surface area contributed by atoms with Gasteiger partial charge in [-0.3, -0.25) is 9.29 Å². The molecule has 0 unspecified atom stereocenters. The van der Waals surface area contributed by atoms with Crippen molar-refractivity contribution in [2.24, 2.45) is 0 Å². The molecule has 0 saturated carbocycles. The van der Waals surface area contributed by atoms with Crippen molar-refractivity contribution in [3.63, 3.8) is 0 Å². The molecule has 0 spiro atoms. The van der Waals surface area contributed by atoms with Crippen LogP contribution in [0.15, 0.2) is 48.7 Å². The maximum Gasteiger partial charge on any atom is 0.302 e. The zero-order valence-electron chi connectivity index (χ0n) is 11.3. The van der Waals surface area contributed by atoms with Gasteiger partial charge in [-0.15, -0.1) is 0 Å². The molecule has 21 heavy (non-hydrogen) atoms. The van der Waals surface area contributed by atoms with E-state index in [1.54, 1.807) is 36.5 Å². The third-order valence-corrected chi connectivity index (χ3v) is 4.61. The first-order valence-corrected chi connectivity index (χ1v) is 8.00. The number of benzene rings is 1. The summed E-state index contributed by atoms with van der Waals surface area (Å²) in [7, 11) is -3.63. The summed E-state index contributed by atoms with van der Waals surface area (Å²) in [6, 6.07) is 12.5. The van der Waals surface area contributed by atoms with Gasteiger partial charge < -0.3 is 4.74 Å². The molecule has 0 amide bonds. The number of pyridine rings is 1. The SMILES string of the molecule is O=S(=O)(NCc1ccccn1)N1CCOc2ccccc21. The molecular weight excluding hydrogens is 290 g/mol. The molecule has 6 nitrogen and oxygen atoms in total. The quantitative estimate of drug-likeness (QED) is 0.924. The van der Waals surface area contributed by atoms with Crippen molar-refractivity contribution < 1.29 is 13.2 Å². The van der Waals surface area contributed by atoms with Crippen LogP contribution >= 0.6 is 0 Å². The molecule has 2 aromatic rings. The number of para-hydroxylation sites is 2. The minimum Gasteiger partial charge on any atom is -0.489 e. The van der Waals surface area contributed by atoms with E-state index in [9.17, 15) is 8.42 Å². The van der Waals surface area contributed by atoms with E-state index in [0.717, 1.165) is 0 Å². The van der Waals surface area contributed by atoms with Gasteiger partial charge in [0.1, 0.15) is 12.4 Å². The number of fused-ring (bicyclic) bond motifs is 1. The van der Waals surface area contributed by atoms with Crippen molar-refractivity contribution in [3.05, 3.63) is 54.4 Å². The second-order valence-corrected chi connectivity index (χ2v) is 6.22. The lowest BCUT2D eigenvalue weighted by Gasteiger charge is -2.30. The number of ether oxygens (including phenoxy) is 1. The summed E-state index contributed by atoms with van der Waals surface area (Å²) in [5, 5.41) is 0. The normalized spacial score (nSPS) is 14.4. The average Bonchev–Trinajstić information content (AvgIpc) is 2.53. The van der Waals surface area contributed by atoms with Gasteiger partial charge in [0.2, 0.25) is 0 Å². The minimum absolute atomic E-state index is 0.155. The molecule has 0 radical (unpaired) electrons. The second-order valence-electron chi connectivity index (χ2n) is 4.54. The second kappa shape index (κ2) is 5.71. The Kier molecular flexibility index (Phi) is 3.76. The van der Waals surface area contributed by atoms with Gasteiger partial charge in [-0.05, 0) is 24.3 Å². The van der Waals surface area contributed by atoms with Gasteiger partial charge in [0.15, 0.2) is 0 Å². The molecule has 7 heteroatoms. The van der Waals surface area contributed by atoms with Crippen LogP contribution in [0.1, 0.15) is 5.69 Å². The molecule has 1 aliphatic heterocycles. The average molecular weight is 305 g/mol. The van der Waals surface area contributed by atoms with Crippen molar-refractivity contribution in [2.45, 2.75) is 6.54 Å². The lowest BCUT2D eigenvalue weighted by Crippen LogP contribution is -2.44. The van der Waals surface area contributed by atoms with Crippen molar-refractivity contribution in [3.8, 4) is 5.75 Å². The first kappa shape index (κ1) is 13.8. The predicted molar refractivity (Wildman–Crippen MR) is 79.3 cm³/mol. The van der Waals surface area contributed by atoms with Crippen LogP contribution in [0.2, 0.25) is 0 Å². The maximum absolute atomic E-state index is 12.5. The molecule has 1 aromatic heterocycles. The highest BCUT2D eigenvalue weighted by Gasteiger charge is 2.27. The fourth-order valence-electron chi connectivity index (χ4n) is 2.14. The van der Waals surface area contributed by atoms with Gasteiger partial charge in [-0.2, -0.15) is 13.1 Å². The van der Waals surface area contributed by atoms with Crippen molar-refractivity contribution in [2.75, 3.05) is 17.5 Å². The van der Waals surface area contributed by atoms with Gasteiger partial charge in [0.05, 0.1) is 24.5 Å². The van der Waals surface area contributed by atoms with Crippen LogP contribution in [0.4, 0.5) is 5.69 Å². The van der Waals surface area contributed by atoms with Gasteiger partial charge in [0, 0.05) is 6.20 Å². The minimum atomic E-state index is -3.63. The van der Waals surface area contributed by atoms with Gasteiger partial charge in [-0.1, -0.05) is 18.2 Å². The smallest absolute Gasteiger partial charge is 0.302 e. The molecule has 0 saturated heterocycles. The van der Waals surface area contributed by atoms with E-state index in [1.807, 2.05) is 12.1 Å². The first-order chi connectivity index (χ1) is 10.2. The summed E-state index contributed by atoms with van der Waals surface area (Å²) in [4.78, 5) is 4.10. The van der Waals surface area contributed by atoms with E-state index in [0.29, 0.717) is 23.7 Å². The zero-order valence-corrected chi connectivity index (χ0v) is 12.1. The zero-order chi connectivity index (χ0) is 14.7. The topological polar surface area (TPSA) is 71.5 Å². The summed E-state index contributed by atoms with van der Waals surface area (Å²) in [5.41, 5.74) is 1.22. The van der Waals surface area contributed by atoms with E-state index < -0.39 is 10.2 Å². The summed E-state index contributed by atoms with van der Waals surface area (Å²) in [6.45, 7) is 0.777. The summed E-state index contributed by atoms with van der Waals surface area (Å²) < 4.78 is 34.3. The monoisotopic (exact) mass is 305 g/mol. The Hall–Kier alpha value is -2.12. The molecule has 110 valence electrons. The van der Waals surface area contributed by atoms with Crippen LogP contribution in [0.3, 0.4) is 0 Å². The van der Waals surface area contributed by atoms with E-state index >= 15 is 0 Å². The van der Waals surface area contributed by atoms with Crippen LogP contribution in [0, 0.1) is 0 Å².